The van der Waals surface area contributed by atoms with Crippen molar-refractivity contribution in [2.75, 3.05) is 5.32 Å². The lowest BCUT2D eigenvalue weighted by atomic mass is 9.87. The molecule has 0 aliphatic heterocycles. The second-order valence-corrected chi connectivity index (χ2v) is 9.65. The molecule has 5 heteroatoms. The summed E-state index contributed by atoms with van der Waals surface area (Å²) >= 11 is 0. The van der Waals surface area contributed by atoms with Crippen molar-refractivity contribution in [2.45, 2.75) is 66.7 Å². The average Bonchev–Trinajstić information content (AvgIpc) is 2.93. The number of anilines is 2. The number of rotatable bonds is 6. The van der Waals surface area contributed by atoms with E-state index in [0.29, 0.717) is 5.57 Å². The topological polar surface area (TPSA) is 83.5 Å². The third kappa shape index (κ3) is 11.4. The van der Waals surface area contributed by atoms with Gasteiger partial charge in [0.25, 0.3) is 0 Å². The van der Waals surface area contributed by atoms with Gasteiger partial charge in [-0.2, -0.15) is 0 Å². The predicted molar refractivity (Wildman–Crippen MR) is 160 cm³/mol. The van der Waals surface area contributed by atoms with Crippen molar-refractivity contribution in [3.63, 3.8) is 0 Å². The first-order valence-corrected chi connectivity index (χ1v) is 12.6. The van der Waals surface area contributed by atoms with Crippen molar-refractivity contribution >= 4 is 37.0 Å². The van der Waals surface area contributed by atoms with Gasteiger partial charge in [0.2, 0.25) is 0 Å². The van der Waals surface area contributed by atoms with Crippen molar-refractivity contribution < 1.29 is 19.5 Å². The van der Waals surface area contributed by atoms with E-state index in [1.807, 2.05) is 38.7 Å². The van der Waals surface area contributed by atoms with E-state index in [0.717, 1.165) is 35.3 Å². The van der Waals surface area contributed by atoms with E-state index in [-0.39, 0.29) is 5.41 Å². The van der Waals surface area contributed by atoms with Crippen LogP contribution in [0.1, 0.15) is 69.4 Å². The Kier molecular flexibility index (Phi) is 15.6. The SMILES string of the molecule is C/C(=C\c1c(C)cccc1Nc1ccc(C(C)(C)C)cc1)C(=O)O.C=O.C=O.CCc1cccc(CC)c1. The average molecular weight is 518 g/mol. The molecule has 0 amide bonds. The molecule has 3 aromatic rings. The minimum absolute atomic E-state index is 0.119. The van der Waals surface area contributed by atoms with Gasteiger partial charge in [-0.05, 0) is 78.6 Å². The van der Waals surface area contributed by atoms with Crippen LogP contribution < -0.4 is 5.32 Å². The molecule has 38 heavy (non-hydrogen) atoms. The number of carboxylic acid groups (broad SMARTS) is 1. The van der Waals surface area contributed by atoms with E-state index in [1.165, 1.54) is 16.7 Å². The predicted octanol–water partition coefficient (Wildman–Crippen LogP) is 7.97. The molecule has 0 aromatic heterocycles. The van der Waals surface area contributed by atoms with Crippen molar-refractivity contribution in [3.8, 4) is 0 Å². The molecule has 2 N–H and O–H groups in total. The summed E-state index contributed by atoms with van der Waals surface area (Å²) in [7, 11) is 0. The van der Waals surface area contributed by atoms with Gasteiger partial charge in [0.05, 0.1) is 0 Å². The number of benzene rings is 3. The van der Waals surface area contributed by atoms with Crippen molar-refractivity contribution in [1.29, 1.82) is 0 Å². The smallest absolute Gasteiger partial charge is 0.331 e. The third-order valence-electron chi connectivity index (χ3n) is 5.86. The molecular weight excluding hydrogens is 474 g/mol. The molecule has 0 heterocycles. The first-order valence-electron chi connectivity index (χ1n) is 12.6. The van der Waals surface area contributed by atoms with Gasteiger partial charge in [-0.1, -0.05) is 83.1 Å². The molecule has 0 fully saturated rings. The van der Waals surface area contributed by atoms with Crippen molar-refractivity contribution in [3.05, 3.63) is 100 Å². The quantitative estimate of drug-likeness (QED) is 0.324. The van der Waals surface area contributed by atoms with Crippen LogP contribution in [0.3, 0.4) is 0 Å². The Balaban J connectivity index is 0.000000813. The third-order valence-corrected chi connectivity index (χ3v) is 5.86. The second kappa shape index (κ2) is 17.5. The molecule has 0 bridgehead atoms. The molecule has 0 radical (unpaired) electrons. The van der Waals surface area contributed by atoms with Gasteiger partial charge < -0.3 is 20.0 Å². The highest BCUT2D eigenvalue weighted by molar-refractivity contribution is 5.93. The summed E-state index contributed by atoms with van der Waals surface area (Å²) in [5.41, 5.74) is 8.42. The zero-order valence-electron chi connectivity index (χ0n) is 23.9. The number of carbonyl (C=O) groups is 3. The van der Waals surface area contributed by atoms with E-state index in [9.17, 15) is 4.79 Å². The number of aliphatic carboxylic acids is 1. The molecule has 0 aliphatic rings. The van der Waals surface area contributed by atoms with E-state index in [2.05, 4.69) is 88.5 Å². The lowest BCUT2D eigenvalue weighted by Gasteiger charge is -2.19. The number of carbonyl (C=O) groups excluding carboxylic acids is 2. The monoisotopic (exact) mass is 517 g/mol. The van der Waals surface area contributed by atoms with Crippen LogP contribution >= 0.6 is 0 Å². The van der Waals surface area contributed by atoms with Crippen molar-refractivity contribution in [2.24, 2.45) is 0 Å². The Morgan fingerprint density at radius 2 is 1.37 bits per heavy atom. The standard InChI is InChI=1S/C21H25NO2.C10H14.2CH2O/c1-14-7-6-8-19(18(14)13-15(2)20(23)24)22-17-11-9-16(10-12-17)21(3,4)5;1-3-9-6-5-7-10(4-2)8-9;2*1-2/h6-13,22H,1-5H3,(H,23,24);5-8H,3-4H2,1-2H3;2*1H2/b15-13+;;;. The van der Waals surface area contributed by atoms with Gasteiger partial charge in [0.15, 0.2) is 0 Å². The molecule has 0 unspecified atom stereocenters. The summed E-state index contributed by atoms with van der Waals surface area (Å²) in [5.74, 6) is -0.904. The molecule has 3 rings (SSSR count). The lowest BCUT2D eigenvalue weighted by molar-refractivity contribution is -0.132. The second-order valence-electron chi connectivity index (χ2n) is 9.65. The minimum atomic E-state index is -0.904. The first kappa shape index (κ1) is 34.0. The fraction of sp³-hybridized carbons (Fsp3) is 0.303. The highest BCUT2D eigenvalue weighted by Crippen LogP contribution is 2.28. The van der Waals surface area contributed by atoms with Gasteiger partial charge in [-0.3, -0.25) is 0 Å². The molecule has 0 saturated heterocycles. The summed E-state index contributed by atoms with van der Waals surface area (Å²) in [6.45, 7) is 18.5. The summed E-state index contributed by atoms with van der Waals surface area (Å²) in [5, 5.41) is 12.5. The number of aryl methyl sites for hydroxylation is 3. The zero-order chi connectivity index (χ0) is 29.3. The maximum atomic E-state index is 11.1. The van der Waals surface area contributed by atoms with E-state index < -0.39 is 5.97 Å². The van der Waals surface area contributed by atoms with Gasteiger partial charge >= 0.3 is 5.97 Å². The van der Waals surface area contributed by atoms with Gasteiger partial charge in [0.1, 0.15) is 13.6 Å². The van der Waals surface area contributed by atoms with Gasteiger partial charge in [-0.15, -0.1) is 0 Å². The van der Waals surface area contributed by atoms with E-state index in [1.54, 1.807) is 13.0 Å². The van der Waals surface area contributed by atoms with Crippen LogP contribution in [0, 0.1) is 6.92 Å². The highest BCUT2D eigenvalue weighted by atomic mass is 16.4. The van der Waals surface area contributed by atoms with Gasteiger partial charge in [0, 0.05) is 22.5 Å². The molecular formula is C33H43NO4. The lowest BCUT2D eigenvalue weighted by Crippen LogP contribution is -2.10. The summed E-state index contributed by atoms with van der Waals surface area (Å²) in [6, 6.07) is 23.0. The van der Waals surface area contributed by atoms with E-state index >= 15 is 0 Å². The number of carboxylic acids is 1. The minimum Gasteiger partial charge on any atom is -0.478 e. The van der Waals surface area contributed by atoms with Crippen LogP contribution in [0.5, 0.6) is 0 Å². The summed E-state index contributed by atoms with van der Waals surface area (Å²) < 4.78 is 0. The zero-order valence-corrected chi connectivity index (χ0v) is 23.9. The first-order chi connectivity index (χ1) is 18.0. The van der Waals surface area contributed by atoms with Gasteiger partial charge in [-0.25, -0.2) is 4.79 Å². The molecule has 204 valence electrons. The molecule has 0 atom stereocenters. The van der Waals surface area contributed by atoms with Crippen LogP contribution in [0.4, 0.5) is 11.4 Å². The summed E-state index contributed by atoms with van der Waals surface area (Å²) in [4.78, 5) is 27.1. The van der Waals surface area contributed by atoms with Crippen LogP contribution in [0.25, 0.3) is 6.08 Å². The Labute approximate surface area is 228 Å². The molecule has 0 saturated carbocycles. The Morgan fingerprint density at radius 1 is 0.868 bits per heavy atom. The summed E-state index contributed by atoms with van der Waals surface area (Å²) in [6.07, 6.45) is 4.01. The highest BCUT2D eigenvalue weighted by Gasteiger charge is 2.13. The van der Waals surface area contributed by atoms with Crippen LogP contribution in [-0.2, 0) is 32.6 Å². The Bertz CT molecular complexity index is 1140. The number of hydrogen-bond acceptors (Lipinski definition) is 4. The van der Waals surface area contributed by atoms with Crippen LogP contribution in [0.15, 0.2) is 72.3 Å². The van der Waals surface area contributed by atoms with Crippen molar-refractivity contribution in [1.82, 2.24) is 0 Å². The Hall–Kier alpha value is -3.99. The fourth-order valence-corrected chi connectivity index (χ4v) is 3.54. The largest absolute Gasteiger partial charge is 0.478 e. The molecule has 3 aromatic carbocycles. The molecule has 5 nitrogen and oxygen atoms in total. The fourth-order valence-electron chi connectivity index (χ4n) is 3.54. The normalized spacial score (nSPS) is 10.4. The number of nitrogens with one attached hydrogen (secondary N) is 1. The number of hydrogen-bond donors (Lipinski definition) is 2. The van der Waals surface area contributed by atoms with Crippen LogP contribution in [-0.4, -0.2) is 24.7 Å². The van der Waals surface area contributed by atoms with Crippen LogP contribution in [0.2, 0.25) is 0 Å². The van der Waals surface area contributed by atoms with E-state index in [4.69, 9.17) is 14.7 Å². The maximum Gasteiger partial charge on any atom is 0.331 e. The molecule has 0 spiro atoms. The Morgan fingerprint density at radius 3 is 1.82 bits per heavy atom. The maximum absolute atomic E-state index is 11.1. The molecule has 0 aliphatic carbocycles.